The maximum Gasteiger partial charge on any atom is 0.348 e. The molecule has 0 fully saturated rings. The van der Waals surface area contributed by atoms with Crippen molar-refractivity contribution in [1.82, 2.24) is 9.55 Å². The number of nitrogens with zero attached hydrogens (tertiary/aromatic N) is 2. The molecule has 2 rings (SSSR count). The molecule has 90 valence electrons. The Morgan fingerprint density at radius 3 is 2.65 bits per heavy atom. The van der Waals surface area contributed by atoms with Gasteiger partial charge in [-0.1, -0.05) is 0 Å². The van der Waals surface area contributed by atoms with Gasteiger partial charge in [0.05, 0.1) is 16.7 Å². The van der Waals surface area contributed by atoms with Gasteiger partial charge in [-0.3, -0.25) is 4.57 Å². The fraction of sp³-hybridized carbons (Fsp3) is 0.333. The molecule has 0 aliphatic heterocycles. The van der Waals surface area contributed by atoms with Crippen LogP contribution in [0.25, 0.3) is 0 Å². The number of rotatable bonds is 2. The summed E-state index contributed by atoms with van der Waals surface area (Å²) in [4.78, 5) is 15.8. The van der Waals surface area contributed by atoms with Crippen molar-refractivity contribution in [3.63, 3.8) is 0 Å². The highest BCUT2D eigenvalue weighted by Gasteiger charge is 2.10. The Morgan fingerprint density at radius 1 is 1.35 bits per heavy atom. The number of aromatic nitrogens is 2. The van der Waals surface area contributed by atoms with Crippen LogP contribution in [0, 0.1) is 20.8 Å². The third-order valence-corrected chi connectivity index (χ3v) is 3.79. The third kappa shape index (κ3) is 2.34. The zero-order valence-corrected chi connectivity index (χ0v) is 11.5. The van der Waals surface area contributed by atoms with E-state index < -0.39 is 0 Å². The first-order valence-electron chi connectivity index (χ1n) is 5.28. The normalized spacial score (nSPS) is 10.8. The lowest BCUT2D eigenvalue weighted by Crippen LogP contribution is -2.26. The number of hydrogen-bond donors (Lipinski definition) is 0. The lowest BCUT2D eigenvalue weighted by Gasteiger charge is -2.10. The van der Waals surface area contributed by atoms with Gasteiger partial charge in [-0.2, -0.15) is 4.98 Å². The van der Waals surface area contributed by atoms with E-state index in [1.54, 1.807) is 11.5 Å². The maximum atomic E-state index is 11.8. The Kier molecular flexibility index (Phi) is 3.19. The molecule has 0 saturated carbocycles. The van der Waals surface area contributed by atoms with E-state index in [9.17, 15) is 4.79 Å². The molecule has 17 heavy (non-hydrogen) atoms. The molecule has 0 aliphatic carbocycles. The van der Waals surface area contributed by atoms with E-state index in [0.29, 0.717) is 12.2 Å². The molecule has 2 heterocycles. The van der Waals surface area contributed by atoms with Crippen LogP contribution < -0.4 is 5.69 Å². The fourth-order valence-corrected chi connectivity index (χ4v) is 1.99. The Labute approximate surface area is 107 Å². The molecule has 4 nitrogen and oxygen atoms in total. The van der Waals surface area contributed by atoms with Crippen LogP contribution in [-0.2, 0) is 6.54 Å². The quantitative estimate of drug-likeness (QED) is 0.856. The molecule has 2 aromatic heterocycles. The van der Waals surface area contributed by atoms with Gasteiger partial charge >= 0.3 is 5.69 Å². The molecule has 0 atom stereocenters. The molecule has 0 radical (unpaired) electrons. The second-order valence-corrected chi connectivity index (χ2v) is 4.77. The highest BCUT2D eigenvalue weighted by atomic mass is 79.9. The van der Waals surface area contributed by atoms with Crippen molar-refractivity contribution < 1.29 is 4.42 Å². The summed E-state index contributed by atoms with van der Waals surface area (Å²) < 4.78 is 7.92. The fourth-order valence-electron chi connectivity index (χ4n) is 1.69. The van der Waals surface area contributed by atoms with Crippen LogP contribution in [0.4, 0.5) is 0 Å². The van der Waals surface area contributed by atoms with Gasteiger partial charge in [-0.25, -0.2) is 4.79 Å². The molecule has 0 amide bonds. The first kappa shape index (κ1) is 12.1. The second kappa shape index (κ2) is 4.49. The van der Waals surface area contributed by atoms with Crippen LogP contribution in [-0.4, -0.2) is 9.55 Å². The van der Waals surface area contributed by atoms with E-state index in [1.807, 2.05) is 26.0 Å². The van der Waals surface area contributed by atoms with Crippen LogP contribution in [0.3, 0.4) is 0 Å². The molecule has 0 saturated heterocycles. The monoisotopic (exact) mass is 296 g/mol. The highest BCUT2D eigenvalue weighted by Crippen LogP contribution is 2.18. The predicted molar refractivity (Wildman–Crippen MR) is 68.2 cm³/mol. The van der Waals surface area contributed by atoms with Crippen LogP contribution in [0.15, 0.2) is 25.8 Å². The van der Waals surface area contributed by atoms with Gasteiger partial charge in [-0.15, -0.1) is 0 Å². The summed E-state index contributed by atoms with van der Waals surface area (Å²) in [6, 6.07) is 3.75. The second-order valence-electron chi connectivity index (χ2n) is 3.98. The summed E-state index contributed by atoms with van der Waals surface area (Å²) in [5, 5.41) is 0. The molecule has 2 aromatic rings. The first-order valence-corrected chi connectivity index (χ1v) is 6.07. The summed E-state index contributed by atoms with van der Waals surface area (Å²) in [5.41, 5.74) is 1.31. The lowest BCUT2D eigenvalue weighted by atomic mass is 10.3. The largest absolute Gasteiger partial charge is 0.464 e. The summed E-state index contributed by atoms with van der Waals surface area (Å²) >= 11 is 3.43. The minimum Gasteiger partial charge on any atom is -0.464 e. The molecule has 0 bridgehead atoms. The summed E-state index contributed by atoms with van der Waals surface area (Å²) in [6.45, 7) is 5.97. The minimum atomic E-state index is -0.253. The lowest BCUT2D eigenvalue weighted by molar-refractivity contribution is 0.462. The maximum absolute atomic E-state index is 11.8. The molecule has 0 unspecified atom stereocenters. The van der Waals surface area contributed by atoms with Crippen LogP contribution >= 0.6 is 15.9 Å². The Bertz CT molecular complexity index is 613. The Balaban J connectivity index is 2.46. The molecule has 0 spiro atoms. The highest BCUT2D eigenvalue weighted by molar-refractivity contribution is 9.10. The molecule has 0 aliphatic rings. The van der Waals surface area contributed by atoms with Crippen molar-refractivity contribution in [2.45, 2.75) is 27.3 Å². The van der Waals surface area contributed by atoms with Gasteiger partial charge in [0.2, 0.25) is 0 Å². The van der Waals surface area contributed by atoms with E-state index in [1.165, 1.54) is 0 Å². The van der Waals surface area contributed by atoms with Crippen molar-refractivity contribution in [3.05, 3.63) is 50.0 Å². The van der Waals surface area contributed by atoms with Crippen LogP contribution in [0.1, 0.15) is 22.9 Å². The van der Waals surface area contributed by atoms with Crippen molar-refractivity contribution >= 4 is 15.9 Å². The standard InChI is InChI=1S/C12H13BrN2O2/c1-7-4-5-10(17-7)6-15-9(3)11(13)8(2)14-12(15)16/h4-5H,6H2,1-3H3. The molecule has 0 N–H and O–H groups in total. The van der Waals surface area contributed by atoms with Gasteiger partial charge in [0.1, 0.15) is 11.5 Å². The summed E-state index contributed by atoms with van der Waals surface area (Å²) in [7, 11) is 0. The average molecular weight is 297 g/mol. The minimum absolute atomic E-state index is 0.253. The van der Waals surface area contributed by atoms with Crippen molar-refractivity contribution in [2.75, 3.05) is 0 Å². The first-order chi connectivity index (χ1) is 7.99. The smallest absolute Gasteiger partial charge is 0.348 e. The van der Waals surface area contributed by atoms with Crippen LogP contribution in [0.5, 0.6) is 0 Å². The van der Waals surface area contributed by atoms with Crippen molar-refractivity contribution in [3.8, 4) is 0 Å². The van der Waals surface area contributed by atoms with E-state index >= 15 is 0 Å². The van der Waals surface area contributed by atoms with E-state index in [4.69, 9.17) is 4.42 Å². The number of aryl methyl sites for hydroxylation is 2. The zero-order chi connectivity index (χ0) is 12.6. The topological polar surface area (TPSA) is 48.0 Å². The molecular weight excluding hydrogens is 284 g/mol. The average Bonchev–Trinajstić information content (AvgIpc) is 2.67. The van der Waals surface area contributed by atoms with Crippen molar-refractivity contribution in [1.29, 1.82) is 0 Å². The number of halogens is 1. The van der Waals surface area contributed by atoms with E-state index in [0.717, 1.165) is 21.7 Å². The molecule has 0 aromatic carbocycles. The van der Waals surface area contributed by atoms with E-state index in [2.05, 4.69) is 20.9 Å². The zero-order valence-electron chi connectivity index (χ0n) is 9.95. The number of hydrogen-bond acceptors (Lipinski definition) is 3. The molecule has 5 heteroatoms. The summed E-state index contributed by atoms with van der Waals surface area (Å²) in [6.07, 6.45) is 0. The molecular formula is C12H13BrN2O2. The summed E-state index contributed by atoms with van der Waals surface area (Å²) in [5.74, 6) is 1.59. The predicted octanol–water partition coefficient (Wildman–Crippen LogP) is 2.57. The third-order valence-electron chi connectivity index (χ3n) is 2.64. The Hall–Kier alpha value is -1.36. The SMILES string of the molecule is Cc1ccc(Cn2c(C)c(Br)c(C)nc2=O)o1. The van der Waals surface area contributed by atoms with Gasteiger partial charge < -0.3 is 4.42 Å². The number of furan rings is 1. The van der Waals surface area contributed by atoms with E-state index in [-0.39, 0.29) is 5.69 Å². The van der Waals surface area contributed by atoms with Gasteiger partial charge in [0, 0.05) is 5.69 Å². The van der Waals surface area contributed by atoms with Crippen molar-refractivity contribution in [2.24, 2.45) is 0 Å². The van der Waals surface area contributed by atoms with Gasteiger partial charge in [-0.05, 0) is 48.8 Å². The van der Waals surface area contributed by atoms with Gasteiger partial charge in [0.25, 0.3) is 0 Å². The van der Waals surface area contributed by atoms with Crippen LogP contribution in [0.2, 0.25) is 0 Å². The Morgan fingerprint density at radius 2 is 2.06 bits per heavy atom. The van der Waals surface area contributed by atoms with Gasteiger partial charge in [0.15, 0.2) is 0 Å².